The van der Waals surface area contributed by atoms with Gasteiger partial charge in [-0.3, -0.25) is 4.79 Å². The van der Waals surface area contributed by atoms with Crippen molar-refractivity contribution in [1.82, 2.24) is 10.4 Å². The minimum absolute atomic E-state index is 0.218. The summed E-state index contributed by atoms with van der Waals surface area (Å²) in [4.78, 5) is 16.2. The minimum atomic E-state index is -0.218. The Kier molecular flexibility index (Phi) is 3.46. The van der Waals surface area contributed by atoms with E-state index in [0.717, 1.165) is 22.6 Å². The van der Waals surface area contributed by atoms with Crippen molar-refractivity contribution < 1.29 is 4.79 Å². The Bertz CT molecular complexity index is 956. The Hall–Kier alpha value is -3.61. The molecule has 1 aromatic heterocycles. The van der Waals surface area contributed by atoms with Crippen LogP contribution in [0, 0.1) is 0 Å². The first-order valence-electron chi connectivity index (χ1n) is 7.78. The first-order chi connectivity index (χ1) is 12.1. The highest BCUT2D eigenvalue weighted by atomic mass is 16.2. The number of nitrogens with one attached hydrogen (secondary N) is 3. The predicted molar refractivity (Wildman–Crippen MR) is 98.6 cm³/mol. The summed E-state index contributed by atoms with van der Waals surface area (Å²) in [5, 5.41) is 10.6. The third-order valence-corrected chi connectivity index (χ3v) is 4.02. The van der Waals surface area contributed by atoms with Crippen molar-refractivity contribution in [1.29, 1.82) is 0 Å². The van der Waals surface area contributed by atoms with E-state index >= 15 is 0 Å². The van der Waals surface area contributed by atoms with E-state index in [0.29, 0.717) is 22.8 Å². The van der Waals surface area contributed by atoms with Gasteiger partial charge in [-0.05, 0) is 31.2 Å². The fraction of sp³-hybridized carbons (Fsp3) is 0.0556. The van der Waals surface area contributed by atoms with Gasteiger partial charge in [-0.15, -0.1) is 0 Å². The highest BCUT2D eigenvalue weighted by molar-refractivity contribution is 6.25. The van der Waals surface area contributed by atoms with E-state index in [4.69, 9.17) is 5.73 Å². The van der Waals surface area contributed by atoms with Crippen LogP contribution in [0.25, 0.3) is 5.70 Å². The van der Waals surface area contributed by atoms with Crippen LogP contribution in [-0.4, -0.2) is 16.6 Å². The second kappa shape index (κ2) is 5.79. The topological polar surface area (TPSA) is 104 Å². The normalized spacial score (nSPS) is 18.7. The number of hydrazone groups is 1. The summed E-state index contributed by atoms with van der Waals surface area (Å²) in [7, 11) is 0. The average molecular weight is 332 g/mol. The number of carbonyl (C=O) groups excluding carboxylic acids is 1. The Labute approximate surface area is 144 Å². The van der Waals surface area contributed by atoms with E-state index in [1.807, 2.05) is 36.4 Å². The van der Waals surface area contributed by atoms with E-state index in [9.17, 15) is 4.79 Å². The lowest BCUT2D eigenvalue weighted by atomic mass is 10.00. The van der Waals surface area contributed by atoms with Crippen molar-refractivity contribution >= 4 is 34.5 Å². The highest BCUT2D eigenvalue weighted by Crippen LogP contribution is 2.33. The maximum atomic E-state index is 12.1. The van der Waals surface area contributed by atoms with Crippen LogP contribution < -0.4 is 21.8 Å². The van der Waals surface area contributed by atoms with Crippen LogP contribution in [0.3, 0.4) is 0 Å². The second-order valence-electron chi connectivity index (χ2n) is 5.75. The molecule has 1 aromatic carbocycles. The molecule has 0 saturated heterocycles. The number of fused-ring (bicyclic) bond motifs is 1. The molecule has 0 aliphatic carbocycles. The van der Waals surface area contributed by atoms with Gasteiger partial charge in [-0.25, -0.2) is 10.4 Å². The molecule has 7 nitrogen and oxygen atoms in total. The molecule has 7 heteroatoms. The number of aromatic nitrogens is 1. The van der Waals surface area contributed by atoms with E-state index in [-0.39, 0.29) is 5.91 Å². The van der Waals surface area contributed by atoms with E-state index in [1.165, 1.54) is 0 Å². The SMILES string of the molecule is CC1=NNC(=O)/C1=C1/C=C(Nc2ccc(N)nc2)c2ccccc2N1. The highest BCUT2D eigenvalue weighted by Gasteiger charge is 2.26. The Morgan fingerprint density at radius 2 is 2.00 bits per heavy atom. The third kappa shape index (κ3) is 2.72. The molecule has 2 aliphatic heterocycles. The first-order valence-corrected chi connectivity index (χ1v) is 7.78. The number of nitrogen functional groups attached to an aromatic ring is 1. The van der Waals surface area contributed by atoms with Gasteiger partial charge in [0.2, 0.25) is 0 Å². The van der Waals surface area contributed by atoms with Gasteiger partial charge >= 0.3 is 0 Å². The Morgan fingerprint density at radius 1 is 1.16 bits per heavy atom. The van der Waals surface area contributed by atoms with Crippen molar-refractivity contribution in [2.45, 2.75) is 6.92 Å². The van der Waals surface area contributed by atoms with Crippen LogP contribution in [0.15, 0.2) is 65.0 Å². The number of para-hydroxylation sites is 1. The Morgan fingerprint density at radius 3 is 2.72 bits per heavy atom. The largest absolute Gasteiger partial charge is 0.384 e. The van der Waals surface area contributed by atoms with Crippen molar-refractivity contribution in [2.75, 3.05) is 16.4 Å². The molecule has 1 amide bonds. The van der Waals surface area contributed by atoms with E-state index in [1.54, 1.807) is 19.2 Å². The lowest BCUT2D eigenvalue weighted by Gasteiger charge is -2.23. The molecule has 0 unspecified atom stereocenters. The summed E-state index contributed by atoms with van der Waals surface area (Å²) in [5.74, 6) is 0.242. The van der Waals surface area contributed by atoms with Crippen LogP contribution in [-0.2, 0) is 4.79 Å². The minimum Gasteiger partial charge on any atom is -0.384 e. The average Bonchev–Trinajstić information content (AvgIpc) is 2.95. The molecule has 124 valence electrons. The number of hydrogen-bond donors (Lipinski definition) is 4. The molecule has 0 atom stereocenters. The number of hydrogen-bond acceptors (Lipinski definition) is 6. The zero-order valence-electron chi connectivity index (χ0n) is 13.5. The van der Waals surface area contributed by atoms with Gasteiger partial charge in [-0.2, -0.15) is 5.10 Å². The van der Waals surface area contributed by atoms with Crippen LogP contribution in [0.4, 0.5) is 17.2 Å². The van der Waals surface area contributed by atoms with Gasteiger partial charge in [0.15, 0.2) is 0 Å². The fourth-order valence-corrected chi connectivity index (χ4v) is 2.83. The molecular weight excluding hydrogens is 316 g/mol. The zero-order chi connectivity index (χ0) is 17.4. The summed E-state index contributed by atoms with van der Waals surface area (Å²) >= 11 is 0. The predicted octanol–water partition coefficient (Wildman–Crippen LogP) is 2.30. The summed E-state index contributed by atoms with van der Waals surface area (Å²) in [5.41, 5.74) is 13.6. The number of amides is 1. The van der Waals surface area contributed by atoms with Crippen LogP contribution in [0.2, 0.25) is 0 Å². The molecule has 4 rings (SSSR count). The molecule has 3 heterocycles. The number of benzene rings is 1. The van der Waals surface area contributed by atoms with Gasteiger partial charge in [0.1, 0.15) is 5.82 Å². The molecule has 0 saturated carbocycles. The summed E-state index contributed by atoms with van der Waals surface area (Å²) in [6.45, 7) is 1.80. The van der Waals surface area contributed by atoms with Gasteiger partial charge in [-0.1, -0.05) is 18.2 Å². The fourth-order valence-electron chi connectivity index (χ4n) is 2.83. The number of carbonyl (C=O) groups is 1. The second-order valence-corrected chi connectivity index (χ2v) is 5.75. The molecule has 25 heavy (non-hydrogen) atoms. The monoisotopic (exact) mass is 332 g/mol. The molecule has 0 bridgehead atoms. The van der Waals surface area contributed by atoms with E-state index in [2.05, 4.69) is 26.1 Å². The molecule has 2 aliphatic rings. The number of nitrogens with zero attached hydrogens (tertiary/aromatic N) is 2. The molecular formula is C18H16N6O. The smallest absolute Gasteiger partial charge is 0.275 e. The Balaban J connectivity index is 1.80. The van der Waals surface area contributed by atoms with Crippen molar-refractivity contribution in [2.24, 2.45) is 5.10 Å². The summed E-state index contributed by atoms with van der Waals surface area (Å²) in [6.07, 6.45) is 3.57. The van der Waals surface area contributed by atoms with Crippen LogP contribution >= 0.6 is 0 Å². The quantitative estimate of drug-likeness (QED) is 0.632. The maximum absolute atomic E-state index is 12.1. The van der Waals surface area contributed by atoms with Crippen LogP contribution in [0.5, 0.6) is 0 Å². The summed E-state index contributed by atoms with van der Waals surface area (Å²) in [6, 6.07) is 11.5. The lowest BCUT2D eigenvalue weighted by Crippen LogP contribution is -2.20. The zero-order valence-corrected chi connectivity index (χ0v) is 13.5. The first kappa shape index (κ1) is 14.9. The number of anilines is 3. The number of allylic oxidation sites excluding steroid dienone is 1. The summed E-state index contributed by atoms with van der Waals surface area (Å²) < 4.78 is 0. The third-order valence-electron chi connectivity index (χ3n) is 4.02. The van der Waals surface area contributed by atoms with E-state index < -0.39 is 0 Å². The van der Waals surface area contributed by atoms with Crippen molar-refractivity contribution in [3.05, 3.63) is 65.5 Å². The molecule has 0 fully saturated rings. The maximum Gasteiger partial charge on any atom is 0.275 e. The standard InChI is InChI=1S/C18H16N6O/c1-10-17(18(25)24-23-10)15-8-14(12-4-2-3-5-13(12)22-15)21-11-6-7-16(19)20-9-11/h2-9,21-22H,1H3,(H2,19,20)(H,24,25)/b17-15-. The number of nitrogens with two attached hydrogens (primary N) is 1. The van der Waals surface area contributed by atoms with Gasteiger partial charge in [0.25, 0.3) is 5.91 Å². The molecule has 0 radical (unpaired) electrons. The molecule has 5 N–H and O–H groups in total. The van der Waals surface area contributed by atoms with Crippen molar-refractivity contribution in [3.8, 4) is 0 Å². The van der Waals surface area contributed by atoms with Crippen LogP contribution in [0.1, 0.15) is 12.5 Å². The van der Waals surface area contributed by atoms with Gasteiger partial charge < -0.3 is 16.4 Å². The number of rotatable bonds is 2. The van der Waals surface area contributed by atoms with Gasteiger partial charge in [0, 0.05) is 16.9 Å². The molecule has 0 spiro atoms. The van der Waals surface area contributed by atoms with Crippen molar-refractivity contribution in [3.63, 3.8) is 0 Å². The van der Waals surface area contributed by atoms with Gasteiger partial charge in [0.05, 0.1) is 28.9 Å². The lowest BCUT2D eigenvalue weighted by molar-refractivity contribution is -0.116. The number of pyridine rings is 1. The molecule has 2 aromatic rings.